The summed E-state index contributed by atoms with van der Waals surface area (Å²) in [7, 11) is 0. The predicted molar refractivity (Wildman–Crippen MR) is 109 cm³/mol. The molecule has 25 heavy (non-hydrogen) atoms. The van der Waals surface area contributed by atoms with E-state index in [0.717, 1.165) is 24.2 Å². The molecule has 1 heterocycles. The van der Waals surface area contributed by atoms with Crippen LogP contribution in [0, 0.1) is 0 Å². The zero-order chi connectivity index (χ0) is 18.4. The summed E-state index contributed by atoms with van der Waals surface area (Å²) in [5.74, 6) is 0.821. The van der Waals surface area contributed by atoms with Crippen LogP contribution in [0.3, 0.4) is 0 Å². The lowest BCUT2D eigenvalue weighted by atomic mass is 10.0. The zero-order valence-corrected chi connectivity index (χ0v) is 16.5. The van der Waals surface area contributed by atoms with Crippen LogP contribution in [-0.2, 0) is 13.0 Å². The molecule has 0 saturated heterocycles. The van der Waals surface area contributed by atoms with Gasteiger partial charge < -0.3 is 16.0 Å². The number of benzene rings is 1. The molecule has 2 rings (SSSR count). The molecule has 0 fully saturated rings. The highest BCUT2D eigenvalue weighted by atomic mass is 35.6. The van der Waals surface area contributed by atoms with Gasteiger partial charge in [0.25, 0.3) is 0 Å². The van der Waals surface area contributed by atoms with Crippen LogP contribution < -0.4 is 16.0 Å². The van der Waals surface area contributed by atoms with Gasteiger partial charge in [0.05, 0.1) is 0 Å². The van der Waals surface area contributed by atoms with Crippen molar-refractivity contribution in [1.29, 1.82) is 0 Å². The topological polar surface area (TPSA) is 66.0 Å². The predicted octanol–water partition coefficient (Wildman–Crippen LogP) is 3.78. The van der Waals surface area contributed by atoms with Gasteiger partial charge >= 0.3 is 0 Å². The maximum atomic E-state index is 5.93. The highest BCUT2D eigenvalue weighted by Gasteiger charge is 2.29. The maximum Gasteiger partial charge on any atom is 0.248 e. The number of nitrogens with zero attached hydrogens (tertiary/aromatic N) is 3. The first-order valence-corrected chi connectivity index (χ1v) is 9.24. The van der Waals surface area contributed by atoms with Crippen LogP contribution in [0.5, 0.6) is 0 Å². The van der Waals surface area contributed by atoms with Gasteiger partial charge in [0, 0.05) is 25.3 Å². The van der Waals surface area contributed by atoms with Gasteiger partial charge in [-0.05, 0) is 49.6 Å². The second kappa shape index (κ2) is 8.90. The van der Waals surface area contributed by atoms with Gasteiger partial charge in [0.15, 0.2) is 5.84 Å². The molecule has 0 radical (unpaired) electrons. The number of anilines is 1. The number of aliphatic imine (C=N–C) groups is 2. The third kappa shape index (κ3) is 5.35. The molecule has 0 saturated carbocycles. The van der Waals surface area contributed by atoms with Crippen molar-refractivity contribution in [2.75, 3.05) is 18.0 Å². The van der Waals surface area contributed by atoms with Gasteiger partial charge in [-0.3, -0.25) is 0 Å². The Kier molecular flexibility index (Phi) is 7.14. The number of hydrogen-bond acceptors (Lipinski definition) is 5. The van der Waals surface area contributed by atoms with E-state index in [1.165, 1.54) is 12.0 Å². The zero-order valence-electron chi connectivity index (χ0n) is 14.3. The largest absolute Gasteiger partial charge is 0.372 e. The van der Waals surface area contributed by atoms with Crippen molar-refractivity contribution in [1.82, 2.24) is 5.32 Å². The number of halogens is 3. The fourth-order valence-corrected chi connectivity index (χ4v) is 2.86. The molecule has 0 bridgehead atoms. The Labute approximate surface area is 163 Å². The standard InChI is InChI=1S/C17H22Cl3N5/c1-3-25(4-2)14-7-5-12(13(9-14)10-21)6-8-15-22-11-23-16(24-15)17(18,19)20/h5,7-9,11H,3-4,6,10,21H2,1-2H3,(H,22,23,24). The van der Waals surface area contributed by atoms with Crippen molar-refractivity contribution >= 4 is 52.7 Å². The molecule has 5 nitrogen and oxygen atoms in total. The summed E-state index contributed by atoms with van der Waals surface area (Å²) in [5, 5.41) is 2.93. The van der Waals surface area contributed by atoms with Crippen molar-refractivity contribution in [3.8, 4) is 0 Å². The minimum absolute atomic E-state index is 0.231. The summed E-state index contributed by atoms with van der Waals surface area (Å²) in [5.41, 5.74) is 9.36. The van der Waals surface area contributed by atoms with Crippen LogP contribution in [0.1, 0.15) is 25.0 Å². The molecule has 136 valence electrons. The lowest BCUT2D eigenvalue weighted by molar-refractivity contribution is 0.862. The van der Waals surface area contributed by atoms with E-state index in [-0.39, 0.29) is 5.84 Å². The Balaban J connectivity index is 2.15. The van der Waals surface area contributed by atoms with Gasteiger partial charge in [0.1, 0.15) is 12.2 Å². The molecule has 0 spiro atoms. The van der Waals surface area contributed by atoms with Gasteiger partial charge in [-0.2, -0.15) is 0 Å². The summed E-state index contributed by atoms with van der Waals surface area (Å²) in [6.45, 7) is 6.68. The summed E-state index contributed by atoms with van der Waals surface area (Å²) in [6.07, 6.45) is 3.96. The maximum absolute atomic E-state index is 5.93. The normalized spacial score (nSPS) is 15.9. The van der Waals surface area contributed by atoms with E-state index in [0.29, 0.717) is 18.8 Å². The number of alkyl halides is 3. The number of rotatable bonds is 6. The number of hydrogen-bond donors (Lipinski definition) is 2. The van der Waals surface area contributed by atoms with Gasteiger partial charge in [0.2, 0.25) is 3.79 Å². The van der Waals surface area contributed by atoms with E-state index >= 15 is 0 Å². The second-order valence-corrected chi connectivity index (χ2v) is 7.75. The Morgan fingerprint density at radius 1 is 1.20 bits per heavy atom. The average Bonchev–Trinajstić information content (AvgIpc) is 2.61. The molecule has 0 aromatic heterocycles. The molecule has 0 aliphatic carbocycles. The van der Waals surface area contributed by atoms with Crippen LogP contribution in [0.15, 0.2) is 40.1 Å². The number of allylic oxidation sites excluding steroid dienone is 1. The van der Waals surface area contributed by atoms with E-state index in [9.17, 15) is 0 Å². The SMILES string of the molecule is CCN(CC)c1ccc(CC=C2N=CN=C(C(Cl)(Cl)Cl)N2)c(CN)c1. The first-order chi connectivity index (χ1) is 11.9. The molecule has 1 aromatic rings. The average molecular weight is 403 g/mol. The molecule has 1 aromatic carbocycles. The molecule has 8 heteroatoms. The number of nitrogens with one attached hydrogen (secondary N) is 1. The van der Waals surface area contributed by atoms with Crippen molar-refractivity contribution < 1.29 is 0 Å². The van der Waals surface area contributed by atoms with E-state index in [4.69, 9.17) is 40.5 Å². The monoisotopic (exact) mass is 401 g/mol. The van der Waals surface area contributed by atoms with Crippen LogP contribution in [0.25, 0.3) is 0 Å². The molecular formula is C17H22Cl3N5. The number of amidine groups is 1. The first kappa shape index (κ1) is 20.0. The van der Waals surface area contributed by atoms with E-state index in [1.807, 2.05) is 6.08 Å². The minimum atomic E-state index is -1.61. The Morgan fingerprint density at radius 2 is 1.92 bits per heavy atom. The Bertz CT molecular complexity index is 688. The Hall–Kier alpha value is -1.27. The summed E-state index contributed by atoms with van der Waals surface area (Å²) < 4.78 is -1.61. The van der Waals surface area contributed by atoms with E-state index in [2.05, 4.69) is 52.2 Å². The highest BCUT2D eigenvalue weighted by Crippen LogP contribution is 2.28. The van der Waals surface area contributed by atoms with Gasteiger partial charge in [-0.1, -0.05) is 40.9 Å². The van der Waals surface area contributed by atoms with Crippen molar-refractivity contribution in [2.45, 2.75) is 30.6 Å². The fourth-order valence-electron chi connectivity index (χ4n) is 2.58. The molecule has 3 N–H and O–H groups in total. The first-order valence-electron chi connectivity index (χ1n) is 8.10. The van der Waals surface area contributed by atoms with Crippen LogP contribution in [-0.4, -0.2) is 29.1 Å². The van der Waals surface area contributed by atoms with E-state index in [1.54, 1.807) is 0 Å². The second-order valence-electron chi connectivity index (χ2n) is 5.47. The minimum Gasteiger partial charge on any atom is -0.372 e. The summed E-state index contributed by atoms with van der Waals surface area (Å²) >= 11 is 17.5. The number of nitrogens with two attached hydrogens (primary N) is 1. The summed E-state index contributed by atoms with van der Waals surface area (Å²) in [6, 6.07) is 6.36. The smallest absolute Gasteiger partial charge is 0.248 e. The molecule has 0 amide bonds. The van der Waals surface area contributed by atoms with Crippen molar-refractivity contribution in [2.24, 2.45) is 15.7 Å². The molecule has 0 unspecified atom stereocenters. The highest BCUT2D eigenvalue weighted by molar-refractivity contribution is 6.76. The van der Waals surface area contributed by atoms with Crippen molar-refractivity contribution in [3.05, 3.63) is 41.2 Å². The Morgan fingerprint density at radius 3 is 2.52 bits per heavy atom. The van der Waals surface area contributed by atoms with Gasteiger partial charge in [-0.25, -0.2) is 9.98 Å². The third-order valence-corrected chi connectivity index (χ3v) is 4.49. The van der Waals surface area contributed by atoms with Crippen LogP contribution in [0.4, 0.5) is 5.69 Å². The lowest BCUT2D eigenvalue weighted by Gasteiger charge is -2.22. The third-order valence-electron chi connectivity index (χ3n) is 3.95. The van der Waals surface area contributed by atoms with Crippen LogP contribution in [0.2, 0.25) is 0 Å². The quantitative estimate of drug-likeness (QED) is 0.712. The fraction of sp³-hybridized carbons (Fsp3) is 0.412. The van der Waals surface area contributed by atoms with E-state index < -0.39 is 3.79 Å². The molecule has 1 aliphatic heterocycles. The molecule has 1 aliphatic rings. The molecule has 0 atom stereocenters. The van der Waals surface area contributed by atoms with Gasteiger partial charge in [-0.15, -0.1) is 0 Å². The molecular weight excluding hydrogens is 381 g/mol. The van der Waals surface area contributed by atoms with Crippen molar-refractivity contribution in [3.63, 3.8) is 0 Å². The lowest BCUT2D eigenvalue weighted by Crippen LogP contribution is -2.35. The van der Waals surface area contributed by atoms with Crippen LogP contribution >= 0.6 is 34.8 Å². The summed E-state index contributed by atoms with van der Waals surface area (Å²) in [4.78, 5) is 10.4.